The molecule has 0 spiro atoms. The molecular weight excluding hydrogens is 380 g/mol. The summed E-state index contributed by atoms with van der Waals surface area (Å²) < 4.78 is 5.71. The molecule has 2 rings (SSSR count). The number of likely N-dealkylation sites (N-methyl/N-ethyl adjacent to an activating group) is 2. The maximum atomic E-state index is 13.1. The van der Waals surface area contributed by atoms with Gasteiger partial charge in [-0.3, -0.25) is 4.79 Å². The molecule has 3 amide bonds. The number of benzene rings is 2. The van der Waals surface area contributed by atoms with Gasteiger partial charge in [0.15, 0.2) is 6.61 Å². The van der Waals surface area contributed by atoms with Crippen LogP contribution in [0.5, 0.6) is 5.75 Å². The second-order valence-corrected chi connectivity index (χ2v) is 7.72. The summed E-state index contributed by atoms with van der Waals surface area (Å²) in [6.45, 7) is 3.67. The number of carbonyl (C=O) groups excluding carboxylic acids is 2. The fraction of sp³-hybridized carbons (Fsp3) is 0.391. The third kappa shape index (κ3) is 7.40. The first-order valence-electron chi connectivity index (χ1n) is 9.94. The van der Waals surface area contributed by atoms with Gasteiger partial charge in [-0.2, -0.15) is 0 Å². The predicted octanol–water partition coefficient (Wildman–Crippen LogP) is 3.06. The highest BCUT2D eigenvalue weighted by Crippen LogP contribution is 2.26. The zero-order valence-corrected chi connectivity index (χ0v) is 18.5. The lowest BCUT2D eigenvalue weighted by Crippen LogP contribution is -2.39. The van der Waals surface area contributed by atoms with E-state index in [1.165, 1.54) is 4.90 Å². The van der Waals surface area contributed by atoms with E-state index in [1.807, 2.05) is 68.4 Å². The molecule has 0 aliphatic rings. The maximum absolute atomic E-state index is 13.1. The number of rotatable bonds is 9. The number of nitrogens with zero attached hydrogens (tertiary/aromatic N) is 3. The average molecular weight is 413 g/mol. The van der Waals surface area contributed by atoms with Crippen LogP contribution in [-0.4, -0.2) is 74.5 Å². The number of hydrogen-bond donors (Lipinski definition) is 1. The molecule has 0 saturated carbocycles. The molecule has 0 aromatic heterocycles. The van der Waals surface area contributed by atoms with Gasteiger partial charge in [0.2, 0.25) is 0 Å². The third-order valence-electron chi connectivity index (χ3n) is 4.55. The van der Waals surface area contributed by atoms with Crippen molar-refractivity contribution in [2.24, 2.45) is 0 Å². The van der Waals surface area contributed by atoms with Crippen LogP contribution in [0.25, 0.3) is 0 Å². The predicted molar refractivity (Wildman–Crippen MR) is 120 cm³/mol. The van der Waals surface area contributed by atoms with Crippen molar-refractivity contribution in [2.45, 2.75) is 13.5 Å². The fourth-order valence-electron chi connectivity index (χ4n) is 2.69. The lowest BCUT2D eigenvalue weighted by Gasteiger charge is -2.25. The van der Waals surface area contributed by atoms with Gasteiger partial charge < -0.3 is 24.8 Å². The monoisotopic (exact) mass is 412 g/mol. The van der Waals surface area contributed by atoms with E-state index < -0.39 is 0 Å². The summed E-state index contributed by atoms with van der Waals surface area (Å²) in [5.41, 5.74) is 2.58. The van der Waals surface area contributed by atoms with Crippen molar-refractivity contribution in [1.82, 2.24) is 14.7 Å². The first-order valence-corrected chi connectivity index (χ1v) is 9.94. The Balaban J connectivity index is 2.15. The van der Waals surface area contributed by atoms with E-state index in [2.05, 4.69) is 5.32 Å². The Morgan fingerprint density at radius 1 is 0.967 bits per heavy atom. The normalized spacial score (nSPS) is 10.6. The summed E-state index contributed by atoms with van der Waals surface area (Å²) in [6.07, 6.45) is 0. The molecule has 2 aromatic carbocycles. The Bertz CT molecular complexity index is 838. The number of ether oxygens (including phenoxy) is 1. The van der Waals surface area contributed by atoms with Crippen LogP contribution < -0.4 is 10.1 Å². The van der Waals surface area contributed by atoms with Crippen LogP contribution in [0.4, 0.5) is 10.5 Å². The number of amides is 3. The Kier molecular flexibility index (Phi) is 8.68. The van der Waals surface area contributed by atoms with Crippen molar-refractivity contribution in [3.05, 3.63) is 59.7 Å². The van der Waals surface area contributed by atoms with Crippen molar-refractivity contribution >= 4 is 17.6 Å². The molecule has 7 nitrogen and oxygen atoms in total. The standard InChI is InChI=1S/C23H32N4O3/c1-18-11-12-20(21(15-18)30-17-22(28)26(4)5)24-23(29)27(14-13-25(2)3)16-19-9-7-6-8-10-19/h6-12,15H,13-14,16-17H2,1-5H3,(H,24,29). The van der Waals surface area contributed by atoms with Crippen LogP contribution in [0.15, 0.2) is 48.5 Å². The van der Waals surface area contributed by atoms with E-state index in [0.717, 1.165) is 17.7 Å². The van der Waals surface area contributed by atoms with Crippen LogP contribution >= 0.6 is 0 Å². The van der Waals surface area contributed by atoms with Gasteiger partial charge in [0.05, 0.1) is 5.69 Å². The first kappa shape index (κ1) is 23.2. The minimum Gasteiger partial charge on any atom is -0.482 e. The quantitative estimate of drug-likeness (QED) is 0.688. The second-order valence-electron chi connectivity index (χ2n) is 7.72. The molecule has 0 aliphatic carbocycles. The van der Waals surface area contributed by atoms with Crippen LogP contribution in [0.2, 0.25) is 0 Å². The van der Waals surface area contributed by atoms with Gasteiger partial charge in [-0.15, -0.1) is 0 Å². The molecule has 162 valence electrons. The van der Waals surface area contributed by atoms with Crippen molar-refractivity contribution < 1.29 is 14.3 Å². The van der Waals surface area contributed by atoms with Crippen molar-refractivity contribution in [3.8, 4) is 5.75 Å². The maximum Gasteiger partial charge on any atom is 0.322 e. The number of hydrogen-bond acceptors (Lipinski definition) is 4. The number of aryl methyl sites for hydroxylation is 1. The molecule has 0 aliphatic heterocycles. The van der Waals surface area contributed by atoms with E-state index in [0.29, 0.717) is 24.5 Å². The minimum absolute atomic E-state index is 0.0896. The first-order chi connectivity index (χ1) is 14.3. The largest absolute Gasteiger partial charge is 0.482 e. The number of anilines is 1. The lowest BCUT2D eigenvalue weighted by atomic mass is 10.2. The average Bonchev–Trinajstić information content (AvgIpc) is 2.71. The molecule has 0 unspecified atom stereocenters. The van der Waals surface area contributed by atoms with E-state index >= 15 is 0 Å². The molecule has 1 N–H and O–H groups in total. The topological polar surface area (TPSA) is 65.1 Å². The van der Waals surface area contributed by atoms with E-state index in [1.54, 1.807) is 25.1 Å². The Morgan fingerprint density at radius 2 is 1.67 bits per heavy atom. The van der Waals surface area contributed by atoms with Crippen LogP contribution in [0.3, 0.4) is 0 Å². The summed E-state index contributed by atoms with van der Waals surface area (Å²) in [6, 6.07) is 15.2. The molecule has 2 aromatic rings. The SMILES string of the molecule is Cc1ccc(NC(=O)N(CCN(C)C)Cc2ccccc2)c(OCC(=O)N(C)C)c1. The summed E-state index contributed by atoms with van der Waals surface area (Å²) in [4.78, 5) is 30.3. The minimum atomic E-state index is -0.214. The second kappa shape index (κ2) is 11.2. The summed E-state index contributed by atoms with van der Waals surface area (Å²) in [7, 11) is 7.31. The van der Waals surface area contributed by atoms with Crippen LogP contribution in [0.1, 0.15) is 11.1 Å². The van der Waals surface area contributed by atoms with Crippen molar-refractivity contribution in [2.75, 3.05) is 53.2 Å². The number of carbonyl (C=O) groups is 2. The molecule has 0 radical (unpaired) electrons. The molecule has 0 heterocycles. The Hall–Kier alpha value is -3.06. The van der Waals surface area contributed by atoms with Gasteiger partial charge in [0.1, 0.15) is 5.75 Å². The molecule has 30 heavy (non-hydrogen) atoms. The van der Waals surface area contributed by atoms with Gasteiger partial charge in [-0.25, -0.2) is 4.79 Å². The summed E-state index contributed by atoms with van der Waals surface area (Å²) in [5, 5.41) is 2.95. The molecule has 0 fully saturated rings. The summed E-state index contributed by atoms with van der Waals surface area (Å²) >= 11 is 0. The number of urea groups is 1. The van der Waals surface area contributed by atoms with Crippen LogP contribution in [-0.2, 0) is 11.3 Å². The third-order valence-corrected chi connectivity index (χ3v) is 4.55. The smallest absolute Gasteiger partial charge is 0.322 e. The highest BCUT2D eigenvalue weighted by atomic mass is 16.5. The molecule has 7 heteroatoms. The highest BCUT2D eigenvalue weighted by molar-refractivity contribution is 5.91. The van der Waals surface area contributed by atoms with Gasteiger partial charge >= 0.3 is 6.03 Å². The summed E-state index contributed by atoms with van der Waals surface area (Å²) in [5.74, 6) is 0.330. The zero-order valence-electron chi connectivity index (χ0n) is 18.5. The van der Waals surface area contributed by atoms with Crippen molar-refractivity contribution in [1.29, 1.82) is 0 Å². The molecular formula is C23H32N4O3. The Labute approximate surface area is 179 Å². The van der Waals surface area contributed by atoms with Crippen LogP contribution in [0, 0.1) is 6.92 Å². The van der Waals surface area contributed by atoms with Gasteiger partial charge in [0.25, 0.3) is 5.91 Å². The zero-order chi connectivity index (χ0) is 22.1. The van der Waals surface area contributed by atoms with Gasteiger partial charge in [0, 0.05) is 33.7 Å². The Morgan fingerprint density at radius 3 is 2.30 bits per heavy atom. The lowest BCUT2D eigenvalue weighted by molar-refractivity contribution is -0.130. The van der Waals surface area contributed by atoms with Gasteiger partial charge in [-0.1, -0.05) is 36.4 Å². The fourth-order valence-corrected chi connectivity index (χ4v) is 2.69. The number of nitrogens with one attached hydrogen (secondary N) is 1. The van der Waals surface area contributed by atoms with Gasteiger partial charge in [-0.05, 0) is 44.3 Å². The highest BCUT2D eigenvalue weighted by Gasteiger charge is 2.17. The van der Waals surface area contributed by atoms with E-state index in [-0.39, 0.29) is 18.5 Å². The molecule has 0 atom stereocenters. The van der Waals surface area contributed by atoms with E-state index in [4.69, 9.17) is 4.74 Å². The molecule has 0 bridgehead atoms. The molecule has 0 saturated heterocycles. The van der Waals surface area contributed by atoms with Crippen molar-refractivity contribution in [3.63, 3.8) is 0 Å². The van der Waals surface area contributed by atoms with E-state index in [9.17, 15) is 9.59 Å².